The molecule has 20 heavy (non-hydrogen) atoms. The molecule has 0 radical (unpaired) electrons. The number of pyridine rings is 1. The first-order valence-electron chi connectivity index (χ1n) is 6.15. The Morgan fingerprint density at radius 2 is 1.95 bits per heavy atom. The van der Waals surface area contributed by atoms with Gasteiger partial charge in [0.25, 0.3) is 0 Å². The summed E-state index contributed by atoms with van der Waals surface area (Å²) in [5, 5.41) is 0.166. The maximum Gasteiger partial charge on any atom is 0.243 e. The molecular formula is C14H15ClN2O2S. The highest BCUT2D eigenvalue weighted by Gasteiger charge is 2.20. The molecule has 0 fully saturated rings. The number of hydrogen-bond donors (Lipinski definition) is 1. The lowest BCUT2D eigenvalue weighted by molar-refractivity contribution is 0.559. The molecule has 1 aromatic carbocycles. The number of aromatic nitrogens is 1. The van der Waals surface area contributed by atoms with Crippen molar-refractivity contribution in [1.82, 2.24) is 9.71 Å². The number of sulfonamides is 1. The third-order valence-electron chi connectivity index (χ3n) is 2.76. The summed E-state index contributed by atoms with van der Waals surface area (Å²) in [6.07, 6.45) is 3.31. The lowest BCUT2D eigenvalue weighted by atomic mass is 10.1. The minimum atomic E-state index is -3.65. The van der Waals surface area contributed by atoms with Crippen molar-refractivity contribution in [2.45, 2.75) is 24.3 Å². The summed E-state index contributed by atoms with van der Waals surface area (Å²) in [6, 6.07) is 10.9. The van der Waals surface area contributed by atoms with Gasteiger partial charge in [0.15, 0.2) is 0 Å². The van der Waals surface area contributed by atoms with Crippen LogP contribution in [0, 0.1) is 0 Å². The second kappa shape index (κ2) is 6.35. The Kier molecular flexibility index (Phi) is 4.75. The van der Waals surface area contributed by atoms with Crippen LogP contribution in [0.3, 0.4) is 0 Å². The Labute approximate surface area is 123 Å². The minimum absolute atomic E-state index is 0.00146. The van der Waals surface area contributed by atoms with Crippen LogP contribution in [0.15, 0.2) is 53.7 Å². The van der Waals surface area contributed by atoms with Gasteiger partial charge in [-0.15, -0.1) is 0 Å². The largest absolute Gasteiger partial charge is 0.263 e. The first-order valence-corrected chi connectivity index (χ1v) is 8.01. The molecule has 106 valence electrons. The smallest absolute Gasteiger partial charge is 0.243 e. The SMILES string of the molecule is CC(Cc1ccccc1)NS(=O)(=O)c1cnccc1Cl. The molecule has 1 N–H and O–H groups in total. The zero-order valence-corrected chi connectivity index (χ0v) is 12.5. The molecule has 0 amide bonds. The quantitative estimate of drug-likeness (QED) is 0.923. The Morgan fingerprint density at radius 1 is 1.25 bits per heavy atom. The molecule has 0 saturated heterocycles. The van der Waals surface area contributed by atoms with E-state index >= 15 is 0 Å². The van der Waals surface area contributed by atoms with Gasteiger partial charge in [-0.05, 0) is 25.0 Å². The van der Waals surface area contributed by atoms with Gasteiger partial charge in [0.1, 0.15) is 4.90 Å². The van der Waals surface area contributed by atoms with E-state index in [4.69, 9.17) is 11.6 Å². The van der Waals surface area contributed by atoms with Crippen LogP contribution in [-0.4, -0.2) is 19.4 Å². The van der Waals surface area contributed by atoms with Crippen LogP contribution in [-0.2, 0) is 16.4 Å². The van der Waals surface area contributed by atoms with Gasteiger partial charge in [0, 0.05) is 18.4 Å². The molecule has 0 aliphatic carbocycles. The third kappa shape index (κ3) is 3.79. The molecule has 0 spiro atoms. The molecule has 2 rings (SSSR count). The van der Waals surface area contributed by atoms with E-state index in [0.717, 1.165) is 5.56 Å². The molecular weight excluding hydrogens is 296 g/mol. The molecule has 6 heteroatoms. The molecule has 0 bridgehead atoms. The summed E-state index contributed by atoms with van der Waals surface area (Å²) in [7, 11) is -3.65. The number of halogens is 1. The Balaban J connectivity index is 2.11. The molecule has 0 aliphatic heterocycles. The van der Waals surface area contributed by atoms with E-state index in [9.17, 15) is 8.42 Å². The van der Waals surface area contributed by atoms with Crippen LogP contribution in [0.5, 0.6) is 0 Å². The highest BCUT2D eigenvalue weighted by molar-refractivity contribution is 7.89. The fraction of sp³-hybridized carbons (Fsp3) is 0.214. The van der Waals surface area contributed by atoms with E-state index in [-0.39, 0.29) is 16.0 Å². The predicted molar refractivity (Wildman–Crippen MR) is 79.2 cm³/mol. The van der Waals surface area contributed by atoms with Gasteiger partial charge in [-0.2, -0.15) is 0 Å². The first kappa shape index (κ1) is 15.0. The summed E-state index contributed by atoms with van der Waals surface area (Å²) in [5.41, 5.74) is 1.07. The molecule has 1 atom stereocenters. The lowest BCUT2D eigenvalue weighted by Crippen LogP contribution is -2.34. The van der Waals surface area contributed by atoms with Gasteiger partial charge in [-0.1, -0.05) is 41.9 Å². The van der Waals surface area contributed by atoms with Crippen LogP contribution in [0.2, 0.25) is 5.02 Å². The fourth-order valence-electron chi connectivity index (χ4n) is 1.90. The van der Waals surface area contributed by atoms with Crippen molar-refractivity contribution in [3.8, 4) is 0 Å². The summed E-state index contributed by atoms with van der Waals surface area (Å²) < 4.78 is 27.0. The number of rotatable bonds is 5. The Bertz CT molecular complexity index is 675. The molecule has 1 aromatic heterocycles. The zero-order chi connectivity index (χ0) is 14.6. The number of nitrogens with zero attached hydrogens (tertiary/aromatic N) is 1. The monoisotopic (exact) mass is 310 g/mol. The Hall–Kier alpha value is -1.43. The molecule has 0 aliphatic rings. The van der Waals surface area contributed by atoms with Crippen molar-refractivity contribution in [2.75, 3.05) is 0 Å². The molecule has 2 aromatic rings. The Morgan fingerprint density at radius 3 is 2.60 bits per heavy atom. The van der Waals surface area contributed by atoms with E-state index in [2.05, 4.69) is 9.71 Å². The standard InChI is InChI=1S/C14H15ClN2O2S/c1-11(9-12-5-3-2-4-6-12)17-20(18,19)14-10-16-8-7-13(14)15/h2-8,10-11,17H,9H2,1H3. The van der Waals surface area contributed by atoms with Crippen molar-refractivity contribution in [1.29, 1.82) is 0 Å². The lowest BCUT2D eigenvalue weighted by Gasteiger charge is -2.14. The zero-order valence-electron chi connectivity index (χ0n) is 11.0. The normalized spacial score (nSPS) is 13.1. The van der Waals surface area contributed by atoms with E-state index in [1.54, 1.807) is 0 Å². The van der Waals surface area contributed by atoms with E-state index < -0.39 is 10.0 Å². The second-order valence-corrected chi connectivity index (χ2v) is 6.61. The number of benzene rings is 1. The average Bonchev–Trinajstić information content (AvgIpc) is 2.39. The van der Waals surface area contributed by atoms with Gasteiger partial charge in [0.2, 0.25) is 10.0 Å². The topological polar surface area (TPSA) is 59.1 Å². The van der Waals surface area contributed by atoms with Gasteiger partial charge in [-0.25, -0.2) is 13.1 Å². The van der Waals surface area contributed by atoms with Crippen LogP contribution >= 0.6 is 11.6 Å². The summed E-state index contributed by atoms with van der Waals surface area (Å²) in [5.74, 6) is 0. The van der Waals surface area contributed by atoms with Gasteiger partial charge in [0.05, 0.1) is 5.02 Å². The van der Waals surface area contributed by atoms with Crippen molar-refractivity contribution in [3.63, 3.8) is 0 Å². The highest BCUT2D eigenvalue weighted by atomic mass is 35.5. The summed E-state index contributed by atoms with van der Waals surface area (Å²) in [6.45, 7) is 1.81. The van der Waals surface area contributed by atoms with Gasteiger partial charge < -0.3 is 0 Å². The molecule has 1 unspecified atom stereocenters. The van der Waals surface area contributed by atoms with E-state index in [1.165, 1.54) is 18.5 Å². The molecule has 0 saturated carbocycles. The van der Waals surface area contributed by atoms with Gasteiger partial charge >= 0.3 is 0 Å². The highest BCUT2D eigenvalue weighted by Crippen LogP contribution is 2.19. The van der Waals surface area contributed by atoms with Gasteiger partial charge in [-0.3, -0.25) is 4.98 Å². The van der Waals surface area contributed by atoms with Crippen LogP contribution in [0.4, 0.5) is 0 Å². The minimum Gasteiger partial charge on any atom is -0.263 e. The summed E-state index contributed by atoms with van der Waals surface area (Å²) in [4.78, 5) is 3.80. The van der Waals surface area contributed by atoms with Crippen molar-refractivity contribution >= 4 is 21.6 Å². The van der Waals surface area contributed by atoms with Crippen molar-refractivity contribution < 1.29 is 8.42 Å². The fourth-order valence-corrected chi connectivity index (χ4v) is 3.57. The van der Waals surface area contributed by atoms with Crippen LogP contribution in [0.1, 0.15) is 12.5 Å². The van der Waals surface area contributed by atoms with Crippen LogP contribution < -0.4 is 4.72 Å². The van der Waals surface area contributed by atoms with Crippen molar-refractivity contribution in [2.24, 2.45) is 0 Å². The van der Waals surface area contributed by atoms with E-state index in [1.807, 2.05) is 37.3 Å². The molecule has 1 heterocycles. The molecule has 4 nitrogen and oxygen atoms in total. The first-order chi connectivity index (χ1) is 9.49. The maximum absolute atomic E-state index is 12.2. The van der Waals surface area contributed by atoms with Crippen LogP contribution in [0.25, 0.3) is 0 Å². The maximum atomic E-state index is 12.2. The van der Waals surface area contributed by atoms with E-state index in [0.29, 0.717) is 6.42 Å². The van der Waals surface area contributed by atoms with Crippen molar-refractivity contribution in [3.05, 3.63) is 59.4 Å². The third-order valence-corrected chi connectivity index (χ3v) is 4.82. The average molecular weight is 311 g/mol. The summed E-state index contributed by atoms with van der Waals surface area (Å²) >= 11 is 5.89. The predicted octanol–water partition coefficient (Wildman–Crippen LogP) is 2.64. The number of hydrogen-bond acceptors (Lipinski definition) is 3. The number of nitrogens with one attached hydrogen (secondary N) is 1. The second-order valence-electron chi connectivity index (χ2n) is 4.52.